The number of hydrogen-bond acceptors (Lipinski definition) is 3. The number of amides is 1. The average Bonchev–Trinajstić information content (AvgIpc) is 2.75. The molecule has 30 heavy (non-hydrogen) atoms. The smallest absolute Gasteiger partial charge is 0.255 e. The molecular weight excluding hydrogens is 491 g/mol. The lowest BCUT2D eigenvalue weighted by Gasteiger charge is -2.34. The van der Waals surface area contributed by atoms with Crippen LogP contribution in [0.25, 0.3) is 0 Å². The molecule has 162 valence electrons. The van der Waals surface area contributed by atoms with Gasteiger partial charge in [0.05, 0.1) is 0 Å². The van der Waals surface area contributed by atoms with E-state index in [1.165, 1.54) is 18.4 Å². The third-order valence-corrected chi connectivity index (χ3v) is 5.22. The second kappa shape index (κ2) is 12.4. The number of nitrogens with zero attached hydrogens (tertiary/aromatic N) is 2. The number of likely N-dealkylation sites (tertiary alicyclic amines) is 1. The van der Waals surface area contributed by atoms with Crippen molar-refractivity contribution in [3.63, 3.8) is 0 Å². The highest BCUT2D eigenvalue weighted by Crippen LogP contribution is 2.22. The van der Waals surface area contributed by atoms with E-state index in [1.54, 1.807) is 0 Å². The Morgan fingerprint density at radius 2 is 1.83 bits per heavy atom. The molecule has 2 aromatic rings. The molecular formula is C23H31IN4O2. The van der Waals surface area contributed by atoms with Crippen LogP contribution in [0, 0.1) is 5.92 Å². The van der Waals surface area contributed by atoms with Gasteiger partial charge in [0.1, 0.15) is 5.75 Å². The Hall–Kier alpha value is -2.29. The van der Waals surface area contributed by atoms with Crippen LogP contribution in [0.2, 0.25) is 0 Å². The molecule has 3 N–H and O–H groups in total. The highest BCUT2D eigenvalue weighted by atomic mass is 127. The van der Waals surface area contributed by atoms with Crippen molar-refractivity contribution >= 4 is 35.8 Å². The fraction of sp³-hybridized carbons (Fsp3) is 0.391. The fourth-order valence-electron chi connectivity index (χ4n) is 3.71. The van der Waals surface area contributed by atoms with Crippen molar-refractivity contribution in [2.24, 2.45) is 16.6 Å². The molecule has 3 rings (SSSR count). The van der Waals surface area contributed by atoms with E-state index >= 15 is 0 Å². The van der Waals surface area contributed by atoms with Crippen molar-refractivity contribution in [1.29, 1.82) is 0 Å². The van der Waals surface area contributed by atoms with Crippen LogP contribution in [0.15, 0.2) is 59.6 Å². The van der Waals surface area contributed by atoms with Crippen molar-refractivity contribution in [1.82, 2.24) is 10.2 Å². The van der Waals surface area contributed by atoms with Crippen LogP contribution in [0.1, 0.15) is 24.0 Å². The van der Waals surface area contributed by atoms with Gasteiger partial charge in [-0.15, -0.1) is 24.0 Å². The first-order valence-corrected chi connectivity index (χ1v) is 10.1. The van der Waals surface area contributed by atoms with E-state index in [9.17, 15) is 4.79 Å². The van der Waals surface area contributed by atoms with Crippen LogP contribution >= 0.6 is 24.0 Å². The molecule has 6 nitrogen and oxygen atoms in total. The maximum absolute atomic E-state index is 10.9. The Morgan fingerprint density at radius 3 is 2.50 bits per heavy atom. The number of carbonyl (C=O) groups is 1. The monoisotopic (exact) mass is 522 g/mol. The quantitative estimate of drug-likeness (QED) is 0.333. The SMILES string of the molecule is CN=C(NCc1cccc(OCC(N)=O)c1)N1CCC(Cc2ccccc2)CC1.I. The topological polar surface area (TPSA) is 80.0 Å². The molecule has 7 heteroatoms. The largest absolute Gasteiger partial charge is 0.484 e. The van der Waals surface area contributed by atoms with Crippen LogP contribution in [-0.4, -0.2) is 43.5 Å². The molecule has 0 radical (unpaired) electrons. The number of halogens is 1. The number of piperidine rings is 1. The third kappa shape index (κ3) is 7.51. The molecule has 0 aliphatic carbocycles. The standard InChI is InChI=1S/C23H30N4O2.HI/c1-25-23(26-16-20-8-5-9-21(15-20)29-17-22(24)28)27-12-10-19(11-13-27)14-18-6-3-2-4-7-18;/h2-9,15,19H,10-14,16-17H2,1H3,(H2,24,28)(H,25,26);1H. The number of nitrogens with one attached hydrogen (secondary N) is 1. The Kier molecular flexibility index (Phi) is 9.93. The molecule has 2 aromatic carbocycles. The van der Waals surface area contributed by atoms with Gasteiger partial charge < -0.3 is 20.7 Å². The van der Waals surface area contributed by atoms with Crippen LogP contribution in [0.5, 0.6) is 5.75 Å². The molecule has 1 fully saturated rings. The first-order chi connectivity index (χ1) is 14.1. The number of hydrogen-bond donors (Lipinski definition) is 2. The summed E-state index contributed by atoms with van der Waals surface area (Å²) in [5, 5.41) is 3.44. The van der Waals surface area contributed by atoms with Crippen molar-refractivity contribution in [3.8, 4) is 5.75 Å². The number of carbonyl (C=O) groups excluding carboxylic acids is 1. The average molecular weight is 522 g/mol. The van der Waals surface area contributed by atoms with E-state index in [4.69, 9.17) is 10.5 Å². The summed E-state index contributed by atoms with van der Waals surface area (Å²) in [6.45, 7) is 2.55. The highest BCUT2D eigenvalue weighted by molar-refractivity contribution is 14.0. The molecule has 1 aliphatic rings. The normalized spacial score (nSPS) is 14.7. The zero-order chi connectivity index (χ0) is 20.5. The maximum Gasteiger partial charge on any atom is 0.255 e. The number of nitrogens with two attached hydrogens (primary N) is 1. The zero-order valence-corrected chi connectivity index (χ0v) is 19.8. The Balaban J connectivity index is 0.00000320. The molecule has 0 bridgehead atoms. The number of benzene rings is 2. The minimum Gasteiger partial charge on any atom is -0.484 e. The van der Waals surface area contributed by atoms with E-state index in [1.807, 2.05) is 31.3 Å². The molecule has 0 saturated carbocycles. The second-order valence-electron chi connectivity index (χ2n) is 7.42. The van der Waals surface area contributed by atoms with Gasteiger partial charge in [-0.3, -0.25) is 9.79 Å². The third-order valence-electron chi connectivity index (χ3n) is 5.22. The number of rotatable bonds is 7. The van der Waals surface area contributed by atoms with E-state index in [0.717, 1.165) is 37.0 Å². The predicted octanol–water partition coefficient (Wildman–Crippen LogP) is 3.20. The number of ether oxygens (including phenoxy) is 1. The predicted molar refractivity (Wildman–Crippen MR) is 131 cm³/mol. The van der Waals surface area contributed by atoms with Crippen LogP contribution in [-0.2, 0) is 17.8 Å². The molecule has 0 aromatic heterocycles. The van der Waals surface area contributed by atoms with E-state index in [-0.39, 0.29) is 30.6 Å². The van der Waals surface area contributed by atoms with Gasteiger partial charge in [-0.25, -0.2) is 0 Å². The van der Waals surface area contributed by atoms with Gasteiger partial charge in [0.15, 0.2) is 12.6 Å². The second-order valence-corrected chi connectivity index (χ2v) is 7.42. The van der Waals surface area contributed by atoms with Crippen molar-refractivity contribution < 1.29 is 9.53 Å². The number of aliphatic imine (C=N–C) groups is 1. The summed E-state index contributed by atoms with van der Waals surface area (Å²) in [6, 6.07) is 18.4. The summed E-state index contributed by atoms with van der Waals surface area (Å²) in [7, 11) is 1.82. The summed E-state index contributed by atoms with van der Waals surface area (Å²) < 4.78 is 5.38. The van der Waals surface area contributed by atoms with E-state index in [0.29, 0.717) is 12.3 Å². The van der Waals surface area contributed by atoms with Gasteiger partial charge in [-0.2, -0.15) is 0 Å². The van der Waals surface area contributed by atoms with Gasteiger partial charge in [0.2, 0.25) is 0 Å². The Labute approximate surface area is 195 Å². The zero-order valence-electron chi connectivity index (χ0n) is 17.4. The fourth-order valence-corrected chi connectivity index (χ4v) is 3.71. The van der Waals surface area contributed by atoms with Crippen LogP contribution in [0.4, 0.5) is 0 Å². The minimum atomic E-state index is -0.482. The lowest BCUT2D eigenvalue weighted by Crippen LogP contribution is -2.45. The van der Waals surface area contributed by atoms with Crippen molar-refractivity contribution in [2.45, 2.75) is 25.8 Å². The highest BCUT2D eigenvalue weighted by Gasteiger charge is 2.21. The van der Waals surface area contributed by atoms with Gasteiger partial charge in [-0.1, -0.05) is 42.5 Å². The van der Waals surface area contributed by atoms with Crippen LogP contribution < -0.4 is 15.8 Å². The van der Waals surface area contributed by atoms with Gasteiger partial charge in [0.25, 0.3) is 5.91 Å². The first-order valence-electron chi connectivity index (χ1n) is 10.1. The lowest BCUT2D eigenvalue weighted by atomic mass is 9.90. The van der Waals surface area contributed by atoms with Crippen molar-refractivity contribution in [2.75, 3.05) is 26.7 Å². The Morgan fingerprint density at radius 1 is 1.13 bits per heavy atom. The molecule has 1 saturated heterocycles. The summed E-state index contributed by atoms with van der Waals surface area (Å²) in [5.41, 5.74) is 7.62. The van der Waals surface area contributed by atoms with E-state index in [2.05, 4.69) is 45.5 Å². The van der Waals surface area contributed by atoms with Crippen LogP contribution in [0.3, 0.4) is 0 Å². The number of guanidine groups is 1. The maximum atomic E-state index is 10.9. The van der Waals surface area contributed by atoms with Gasteiger partial charge in [-0.05, 0) is 48.4 Å². The molecule has 1 amide bonds. The molecule has 0 atom stereocenters. The summed E-state index contributed by atoms with van der Waals surface area (Å²) in [5.74, 6) is 1.81. The molecule has 1 aliphatic heterocycles. The summed E-state index contributed by atoms with van der Waals surface area (Å²) in [4.78, 5) is 17.7. The lowest BCUT2D eigenvalue weighted by molar-refractivity contribution is -0.119. The minimum absolute atomic E-state index is 0. The molecule has 1 heterocycles. The van der Waals surface area contributed by atoms with Gasteiger partial charge in [0, 0.05) is 26.7 Å². The number of primary amides is 1. The summed E-state index contributed by atoms with van der Waals surface area (Å²) >= 11 is 0. The van der Waals surface area contributed by atoms with Gasteiger partial charge >= 0.3 is 0 Å². The Bertz CT molecular complexity index is 821. The van der Waals surface area contributed by atoms with Crippen molar-refractivity contribution in [3.05, 3.63) is 65.7 Å². The molecule has 0 spiro atoms. The molecule has 0 unspecified atom stereocenters. The summed E-state index contributed by atoms with van der Waals surface area (Å²) in [6.07, 6.45) is 3.50. The van der Waals surface area contributed by atoms with E-state index < -0.39 is 5.91 Å². The first kappa shape index (κ1) is 24.0.